The van der Waals surface area contributed by atoms with Crippen molar-refractivity contribution < 1.29 is 5.11 Å². The van der Waals surface area contributed by atoms with Crippen LogP contribution in [0.25, 0.3) is 0 Å². The minimum Gasteiger partial charge on any atom is -0.389 e. The molecule has 1 aromatic heterocycles. The highest BCUT2D eigenvalue weighted by Gasteiger charge is 2.50. The van der Waals surface area contributed by atoms with Gasteiger partial charge in [0.05, 0.1) is 16.3 Å². The Labute approximate surface area is 113 Å². The average Bonchev–Trinajstić information content (AvgIpc) is 2.90. The van der Waals surface area contributed by atoms with Gasteiger partial charge in [-0.2, -0.15) is 0 Å². The molecule has 0 amide bonds. The Morgan fingerprint density at radius 3 is 2.72 bits per heavy atom. The van der Waals surface area contributed by atoms with E-state index in [1.165, 1.54) is 19.3 Å². The van der Waals surface area contributed by atoms with E-state index in [1.54, 1.807) is 11.3 Å². The Hall–Kier alpha value is -0.410. The van der Waals surface area contributed by atoms with E-state index in [-0.39, 0.29) is 5.41 Å². The predicted molar refractivity (Wildman–Crippen MR) is 74.9 cm³/mol. The van der Waals surface area contributed by atoms with Crippen molar-refractivity contribution in [1.82, 2.24) is 4.98 Å². The third-order valence-electron chi connectivity index (χ3n) is 4.72. The first-order valence-electron chi connectivity index (χ1n) is 7.04. The van der Waals surface area contributed by atoms with E-state index < -0.39 is 5.60 Å². The summed E-state index contributed by atoms with van der Waals surface area (Å²) in [5, 5.41) is 14.1. The van der Waals surface area contributed by atoms with Crippen LogP contribution in [0.15, 0.2) is 5.38 Å². The van der Waals surface area contributed by atoms with Gasteiger partial charge in [-0.25, -0.2) is 4.98 Å². The fourth-order valence-electron chi connectivity index (χ4n) is 3.63. The van der Waals surface area contributed by atoms with Gasteiger partial charge in [-0.1, -0.05) is 20.8 Å². The molecule has 0 spiro atoms. The second-order valence-corrected chi connectivity index (χ2v) is 8.18. The smallest absolute Gasteiger partial charge is 0.0957 e. The molecule has 1 heterocycles. The number of hydrogen-bond donors (Lipinski definition) is 1. The highest BCUT2D eigenvalue weighted by molar-refractivity contribution is 7.09. The lowest BCUT2D eigenvalue weighted by molar-refractivity contribution is -0.0125. The average molecular weight is 265 g/mol. The Balaban J connectivity index is 1.75. The number of thiazole rings is 1. The van der Waals surface area contributed by atoms with Gasteiger partial charge in [-0.05, 0) is 37.5 Å². The van der Waals surface area contributed by atoms with Gasteiger partial charge in [0.2, 0.25) is 0 Å². The zero-order valence-electron chi connectivity index (χ0n) is 11.6. The molecule has 0 aromatic carbocycles. The molecular formula is C15H23NOS. The number of aliphatic hydroxyl groups is 1. The standard InChI is InChI=1S/C15H23NOS/c1-14(2,3)12-9-18-13(16-12)8-15(17)7-10-4-5-11(15)6-10/h9-11,17H,4-8H2,1-3H3. The van der Waals surface area contributed by atoms with Gasteiger partial charge >= 0.3 is 0 Å². The van der Waals surface area contributed by atoms with Crippen molar-refractivity contribution in [2.24, 2.45) is 11.8 Å². The van der Waals surface area contributed by atoms with Crippen molar-refractivity contribution in [2.75, 3.05) is 0 Å². The van der Waals surface area contributed by atoms with Gasteiger partial charge in [-0.3, -0.25) is 0 Å². The lowest BCUT2D eigenvalue weighted by Gasteiger charge is -2.31. The van der Waals surface area contributed by atoms with Crippen LogP contribution in [0.4, 0.5) is 0 Å². The van der Waals surface area contributed by atoms with E-state index in [9.17, 15) is 5.11 Å². The van der Waals surface area contributed by atoms with E-state index in [4.69, 9.17) is 4.98 Å². The van der Waals surface area contributed by atoms with E-state index >= 15 is 0 Å². The van der Waals surface area contributed by atoms with Crippen LogP contribution >= 0.6 is 11.3 Å². The highest BCUT2D eigenvalue weighted by Crippen LogP contribution is 2.52. The van der Waals surface area contributed by atoms with Gasteiger partial charge in [0.1, 0.15) is 0 Å². The molecule has 1 N–H and O–H groups in total. The summed E-state index contributed by atoms with van der Waals surface area (Å²) < 4.78 is 0. The van der Waals surface area contributed by atoms with Crippen LogP contribution in [-0.2, 0) is 11.8 Å². The molecule has 2 bridgehead atoms. The Kier molecular flexibility index (Phi) is 2.83. The molecule has 0 saturated heterocycles. The van der Waals surface area contributed by atoms with Crippen LogP contribution in [0.3, 0.4) is 0 Å². The number of nitrogens with zero attached hydrogens (tertiary/aromatic N) is 1. The van der Waals surface area contributed by atoms with Crippen molar-refractivity contribution >= 4 is 11.3 Å². The molecule has 18 heavy (non-hydrogen) atoms. The van der Waals surface area contributed by atoms with Crippen molar-refractivity contribution in [2.45, 2.75) is 63.9 Å². The van der Waals surface area contributed by atoms with Crippen LogP contribution < -0.4 is 0 Å². The summed E-state index contributed by atoms with van der Waals surface area (Å²) in [6.07, 6.45) is 5.57. The van der Waals surface area contributed by atoms with Crippen LogP contribution in [0.5, 0.6) is 0 Å². The molecule has 2 saturated carbocycles. The van der Waals surface area contributed by atoms with E-state index in [1.807, 2.05) is 0 Å². The maximum atomic E-state index is 10.8. The summed E-state index contributed by atoms with van der Waals surface area (Å²) >= 11 is 1.72. The Morgan fingerprint density at radius 2 is 2.22 bits per heavy atom. The third kappa shape index (κ3) is 2.12. The topological polar surface area (TPSA) is 33.1 Å². The zero-order valence-corrected chi connectivity index (χ0v) is 12.4. The molecule has 0 aliphatic heterocycles. The predicted octanol–water partition coefficient (Wildman–Crippen LogP) is 3.53. The molecule has 0 radical (unpaired) electrons. The van der Waals surface area contributed by atoms with E-state index in [0.717, 1.165) is 29.5 Å². The SMILES string of the molecule is CC(C)(C)c1csc(CC2(O)CC3CCC2C3)n1. The zero-order chi connectivity index (χ0) is 13.0. The largest absolute Gasteiger partial charge is 0.389 e. The number of fused-ring (bicyclic) bond motifs is 2. The first kappa shape index (κ1) is 12.6. The van der Waals surface area contributed by atoms with Crippen molar-refractivity contribution in [3.8, 4) is 0 Å². The van der Waals surface area contributed by atoms with Crippen LogP contribution in [0.2, 0.25) is 0 Å². The van der Waals surface area contributed by atoms with Crippen molar-refractivity contribution in [3.63, 3.8) is 0 Å². The normalized spacial score (nSPS) is 35.3. The number of rotatable bonds is 2. The van der Waals surface area contributed by atoms with Gasteiger partial charge in [0.15, 0.2) is 0 Å². The van der Waals surface area contributed by atoms with E-state index in [0.29, 0.717) is 5.92 Å². The summed E-state index contributed by atoms with van der Waals surface area (Å²) in [5.74, 6) is 1.31. The fourth-order valence-corrected chi connectivity index (χ4v) is 4.77. The molecule has 3 rings (SSSR count). The number of aromatic nitrogens is 1. The van der Waals surface area contributed by atoms with Crippen molar-refractivity contribution in [3.05, 3.63) is 16.1 Å². The minimum absolute atomic E-state index is 0.117. The molecular weight excluding hydrogens is 242 g/mol. The fraction of sp³-hybridized carbons (Fsp3) is 0.800. The molecule has 2 aliphatic carbocycles. The van der Waals surface area contributed by atoms with Gasteiger partial charge in [0, 0.05) is 17.2 Å². The van der Waals surface area contributed by atoms with Crippen LogP contribution in [0, 0.1) is 11.8 Å². The highest BCUT2D eigenvalue weighted by atomic mass is 32.1. The second-order valence-electron chi connectivity index (χ2n) is 7.24. The first-order chi connectivity index (χ1) is 8.37. The molecule has 2 nitrogen and oxygen atoms in total. The molecule has 3 atom stereocenters. The number of hydrogen-bond acceptors (Lipinski definition) is 3. The van der Waals surface area contributed by atoms with E-state index in [2.05, 4.69) is 26.2 Å². The maximum absolute atomic E-state index is 10.8. The third-order valence-corrected chi connectivity index (χ3v) is 5.57. The summed E-state index contributed by atoms with van der Waals surface area (Å²) in [5.41, 5.74) is 0.830. The second kappa shape index (κ2) is 4.04. The Morgan fingerprint density at radius 1 is 1.44 bits per heavy atom. The molecule has 1 aromatic rings. The molecule has 2 aliphatic rings. The molecule has 100 valence electrons. The maximum Gasteiger partial charge on any atom is 0.0957 e. The van der Waals surface area contributed by atoms with Gasteiger partial charge in [0.25, 0.3) is 0 Å². The lowest BCUT2D eigenvalue weighted by Crippen LogP contribution is -2.37. The molecule has 3 heteroatoms. The van der Waals surface area contributed by atoms with Crippen molar-refractivity contribution in [1.29, 1.82) is 0 Å². The van der Waals surface area contributed by atoms with Crippen LogP contribution in [0.1, 0.15) is 57.2 Å². The summed E-state index contributed by atoms with van der Waals surface area (Å²) in [4.78, 5) is 4.73. The minimum atomic E-state index is -0.448. The monoisotopic (exact) mass is 265 g/mol. The lowest BCUT2D eigenvalue weighted by atomic mass is 9.82. The summed E-state index contributed by atoms with van der Waals surface area (Å²) in [7, 11) is 0. The molecule has 3 unspecified atom stereocenters. The van der Waals surface area contributed by atoms with Gasteiger partial charge in [-0.15, -0.1) is 11.3 Å². The Bertz CT molecular complexity index is 448. The summed E-state index contributed by atoms with van der Waals surface area (Å²) in [6, 6.07) is 0. The first-order valence-corrected chi connectivity index (χ1v) is 7.92. The summed E-state index contributed by atoms with van der Waals surface area (Å²) in [6.45, 7) is 6.58. The molecule has 2 fully saturated rings. The van der Waals surface area contributed by atoms with Gasteiger partial charge < -0.3 is 5.11 Å². The van der Waals surface area contributed by atoms with Crippen LogP contribution in [-0.4, -0.2) is 15.7 Å². The quantitative estimate of drug-likeness (QED) is 0.887.